The van der Waals surface area contributed by atoms with Crippen LogP contribution in [0.5, 0.6) is 0 Å². The lowest BCUT2D eigenvalue weighted by Gasteiger charge is -2.08. The highest BCUT2D eigenvalue weighted by atomic mass is 35.5. The molecule has 0 spiro atoms. The Morgan fingerprint density at radius 2 is 2.16 bits per heavy atom. The molecule has 0 atom stereocenters. The second-order valence-corrected chi connectivity index (χ2v) is 5.54. The Balaban J connectivity index is 1.91. The molecule has 0 saturated heterocycles. The SMILES string of the molecule is S=C(N/N=C/c1ccsc1)Nc1ccc(Cl)cc1Cl. The number of thiocarbonyl (C=S) groups is 1. The Morgan fingerprint density at radius 1 is 1.32 bits per heavy atom. The molecular weight excluding hydrogens is 321 g/mol. The molecule has 0 bridgehead atoms. The first-order valence-corrected chi connectivity index (χ1v) is 7.33. The Labute approximate surface area is 130 Å². The second-order valence-electron chi connectivity index (χ2n) is 3.50. The summed E-state index contributed by atoms with van der Waals surface area (Å²) in [7, 11) is 0. The summed E-state index contributed by atoms with van der Waals surface area (Å²) in [5, 5.41) is 12.3. The van der Waals surface area contributed by atoms with Crippen LogP contribution in [-0.2, 0) is 0 Å². The highest BCUT2D eigenvalue weighted by Crippen LogP contribution is 2.25. The molecule has 2 aromatic rings. The van der Waals surface area contributed by atoms with Gasteiger partial charge in [0.05, 0.1) is 16.9 Å². The molecule has 7 heteroatoms. The van der Waals surface area contributed by atoms with Crippen molar-refractivity contribution in [3.8, 4) is 0 Å². The number of rotatable bonds is 3. The minimum absolute atomic E-state index is 0.357. The number of anilines is 1. The highest BCUT2D eigenvalue weighted by Gasteiger charge is 2.02. The average Bonchev–Trinajstić information content (AvgIpc) is 2.86. The molecular formula is C12H9Cl2N3S2. The van der Waals surface area contributed by atoms with Gasteiger partial charge in [0.25, 0.3) is 0 Å². The van der Waals surface area contributed by atoms with Crippen LogP contribution in [0.3, 0.4) is 0 Å². The number of nitrogens with zero attached hydrogens (tertiary/aromatic N) is 1. The van der Waals surface area contributed by atoms with E-state index in [9.17, 15) is 0 Å². The number of nitrogens with one attached hydrogen (secondary N) is 2. The van der Waals surface area contributed by atoms with E-state index in [2.05, 4.69) is 15.8 Å². The van der Waals surface area contributed by atoms with Crippen molar-refractivity contribution in [3.05, 3.63) is 50.6 Å². The number of hydrazone groups is 1. The van der Waals surface area contributed by atoms with E-state index in [1.807, 2.05) is 16.8 Å². The first-order valence-electron chi connectivity index (χ1n) is 5.22. The summed E-state index contributed by atoms with van der Waals surface area (Å²) in [4.78, 5) is 0. The number of benzene rings is 1. The summed E-state index contributed by atoms with van der Waals surface area (Å²) in [6.07, 6.45) is 1.69. The van der Waals surface area contributed by atoms with Crippen molar-refractivity contribution in [2.45, 2.75) is 0 Å². The Hall–Kier alpha value is -1.14. The summed E-state index contributed by atoms with van der Waals surface area (Å²) in [5.41, 5.74) is 4.41. The van der Waals surface area contributed by atoms with Crippen molar-refractivity contribution in [3.63, 3.8) is 0 Å². The van der Waals surface area contributed by atoms with E-state index in [1.54, 1.807) is 35.8 Å². The zero-order valence-corrected chi connectivity index (χ0v) is 12.7. The smallest absolute Gasteiger partial charge is 0.191 e. The van der Waals surface area contributed by atoms with Crippen LogP contribution in [0.1, 0.15) is 5.56 Å². The third kappa shape index (κ3) is 4.47. The van der Waals surface area contributed by atoms with Crippen molar-refractivity contribution in [2.24, 2.45) is 5.10 Å². The Bertz CT molecular complexity index is 597. The normalized spacial score (nSPS) is 10.6. The van der Waals surface area contributed by atoms with Crippen LogP contribution in [0, 0.1) is 0 Å². The van der Waals surface area contributed by atoms with Gasteiger partial charge < -0.3 is 5.32 Å². The van der Waals surface area contributed by atoms with Crippen molar-refractivity contribution < 1.29 is 0 Å². The van der Waals surface area contributed by atoms with Gasteiger partial charge in [0.2, 0.25) is 0 Å². The van der Waals surface area contributed by atoms with Crippen LogP contribution in [0.4, 0.5) is 5.69 Å². The minimum Gasteiger partial charge on any atom is -0.330 e. The van der Waals surface area contributed by atoms with E-state index >= 15 is 0 Å². The summed E-state index contributed by atoms with van der Waals surface area (Å²) < 4.78 is 0. The first kappa shape index (κ1) is 14.3. The van der Waals surface area contributed by atoms with Gasteiger partial charge in [0.1, 0.15) is 0 Å². The van der Waals surface area contributed by atoms with Gasteiger partial charge in [-0.3, -0.25) is 5.43 Å². The summed E-state index contributed by atoms with van der Waals surface area (Å²) in [5.74, 6) is 0. The molecule has 0 aliphatic rings. The first-order chi connectivity index (χ1) is 9.15. The summed E-state index contributed by atoms with van der Waals surface area (Å²) in [6, 6.07) is 7.08. The van der Waals surface area contributed by atoms with Crippen molar-refractivity contribution in [2.75, 3.05) is 5.32 Å². The summed E-state index contributed by atoms with van der Waals surface area (Å²) in [6.45, 7) is 0. The molecule has 0 unspecified atom stereocenters. The lowest BCUT2D eigenvalue weighted by atomic mass is 10.3. The quantitative estimate of drug-likeness (QED) is 0.498. The number of thiophene rings is 1. The molecule has 3 nitrogen and oxygen atoms in total. The minimum atomic E-state index is 0.357. The fourth-order valence-electron chi connectivity index (χ4n) is 1.25. The highest BCUT2D eigenvalue weighted by molar-refractivity contribution is 7.80. The van der Waals surface area contributed by atoms with Crippen LogP contribution in [-0.4, -0.2) is 11.3 Å². The maximum atomic E-state index is 6.02. The van der Waals surface area contributed by atoms with Gasteiger partial charge in [-0.15, -0.1) is 0 Å². The van der Waals surface area contributed by atoms with E-state index in [1.165, 1.54) is 0 Å². The van der Waals surface area contributed by atoms with Crippen LogP contribution < -0.4 is 10.7 Å². The monoisotopic (exact) mass is 329 g/mol. The number of halogens is 2. The molecule has 1 aromatic heterocycles. The molecule has 1 heterocycles. The molecule has 2 rings (SSSR count). The van der Waals surface area contributed by atoms with Gasteiger partial charge in [-0.05, 0) is 47.2 Å². The topological polar surface area (TPSA) is 36.4 Å². The van der Waals surface area contributed by atoms with Crippen molar-refractivity contribution in [1.82, 2.24) is 5.43 Å². The van der Waals surface area contributed by atoms with Gasteiger partial charge in [-0.2, -0.15) is 16.4 Å². The maximum absolute atomic E-state index is 6.02. The van der Waals surface area contributed by atoms with Gasteiger partial charge in [-0.1, -0.05) is 23.2 Å². The third-order valence-corrected chi connectivity index (χ3v) is 3.54. The second kappa shape index (κ2) is 6.86. The van der Waals surface area contributed by atoms with Crippen LogP contribution in [0.25, 0.3) is 0 Å². The average molecular weight is 330 g/mol. The van der Waals surface area contributed by atoms with E-state index in [0.717, 1.165) is 5.56 Å². The van der Waals surface area contributed by atoms with E-state index in [0.29, 0.717) is 20.8 Å². The van der Waals surface area contributed by atoms with Gasteiger partial charge in [0.15, 0.2) is 5.11 Å². The zero-order valence-electron chi connectivity index (χ0n) is 9.56. The standard InChI is InChI=1S/C12H9Cl2N3S2/c13-9-1-2-11(10(14)5-9)16-12(18)17-15-6-8-3-4-19-7-8/h1-7H,(H2,16,17,18)/b15-6+. The fourth-order valence-corrected chi connectivity index (χ4v) is 2.48. The molecule has 2 N–H and O–H groups in total. The van der Waals surface area contributed by atoms with Gasteiger partial charge in [0, 0.05) is 10.6 Å². The lowest BCUT2D eigenvalue weighted by molar-refractivity contribution is 1.05. The summed E-state index contributed by atoms with van der Waals surface area (Å²) >= 11 is 18.5. The predicted octanol–water partition coefficient (Wildman–Crippen LogP) is 4.38. The predicted molar refractivity (Wildman–Crippen MR) is 87.7 cm³/mol. The van der Waals surface area contributed by atoms with Crippen LogP contribution >= 0.6 is 46.8 Å². The van der Waals surface area contributed by atoms with Crippen molar-refractivity contribution >= 4 is 63.8 Å². The molecule has 0 saturated carbocycles. The van der Waals surface area contributed by atoms with Gasteiger partial charge >= 0.3 is 0 Å². The third-order valence-electron chi connectivity index (χ3n) is 2.10. The Kier molecular flexibility index (Phi) is 5.15. The molecule has 0 aliphatic carbocycles. The molecule has 1 aromatic carbocycles. The molecule has 0 radical (unpaired) electrons. The van der Waals surface area contributed by atoms with Crippen LogP contribution in [0.2, 0.25) is 10.0 Å². The number of hydrogen-bond donors (Lipinski definition) is 2. The lowest BCUT2D eigenvalue weighted by Crippen LogP contribution is -2.23. The molecule has 0 aliphatic heterocycles. The molecule has 0 amide bonds. The van der Waals surface area contributed by atoms with E-state index in [4.69, 9.17) is 35.4 Å². The molecule has 0 fully saturated rings. The van der Waals surface area contributed by atoms with Crippen molar-refractivity contribution in [1.29, 1.82) is 0 Å². The van der Waals surface area contributed by atoms with E-state index in [-0.39, 0.29) is 0 Å². The number of hydrogen-bond acceptors (Lipinski definition) is 3. The van der Waals surface area contributed by atoms with Gasteiger partial charge in [-0.25, -0.2) is 0 Å². The maximum Gasteiger partial charge on any atom is 0.191 e. The fraction of sp³-hybridized carbons (Fsp3) is 0. The Morgan fingerprint density at radius 3 is 2.84 bits per heavy atom. The molecule has 19 heavy (non-hydrogen) atoms. The zero-order chi connectivity index (χ0) is 13.7. The molecule has 98 valence electrons. The van der Waals surface area contributed by atoms with Crippen LogP contribution in [0.15, 0.2) is 40.1 Å². The van der Waals surface area contributed by atoms with E-state index < -0.39 is 0 Å². The largest absolute Gasteiger partial charge is 0.330 e.